The number of allylic oxidation sites excluding steroid dienone is 1. The molecule has 2 unspecified atom stereocenters. The number of hydrogen-bond acceptors (Lipinski definition) is 9. The standard InChI is InChI=1S/C35H34F7N7O5/c1-5-10-33(37)17-24(43-31(51)53-32(2,3)4)28(50)49(18-19-6-8-20(9-7-19)26-44-29(54-47-26)35(40,41)42)25-15-21(23(36)16-22(25)33)27-45-46-30(52-27)48-13-11-34(38,39)12-14-48/h5-9,13,15-16,24,27,45H,1,10-12,14,17-18H2,2-4H3/p+1/t24-,27?,33?/m1/s1. The smallest absolute Gasteiger partial charge is 0.444 e. The van der Waals surface area contributed by atoms with Gasteiger partial charge in [-0.05, 0) is 38.5 Å². The average Bonchev–Trinajstić information content (AvgIpc) is 3.76. The van der Waals surface area contributed by atoms with Crippen LogP contribution in [0.4, 0.5) is 41.2 Å². The molecular formula is C35H35F7N7O5+. The summed E-state index contributed by atoms with van der Waals surface area (Å²) in [5.41, 5.74) is -0.849. The van der Waals surface area contributed by atoms with Crippen LogP contribution in [0.2, 0.25) is 0 Å². The fourth-order valence-electron chi connectivity index (χ4n) is 6.17. The molecule has 2 N–H and O–H groups in total. The molecule has 3 aliphatic rings. The largest absolute Gasteiger partial charge is 0.522 e. The van der Waals surface area contributed by atoms with Crippen molar-refractivity contribution in [3.8, 4) is 11.4 Å². The predicted molar refractivity (Wildman–Crippen MR) is 177 cm³/mol. The third-order valence-electron chi connectivity index (χ3n) is 8.72. The number of aromatic nitrogens is 2. The van der Waals surface area contributed by atoms with Crippen LogP contribution < -0.4 is 15.6 Å². The van der Waals surface area contributed by atoms with E-state index in [9.17, 15) is 31.5 Å². The highest BCUT2D eigenvalue weighted by molar-refractivity contribution is 6.00. The minimum Gasteiger partial charge on any atom is -0.444 e. The maximum Gasteiger partial charge on any atom is 0.522 e. The predicted octanol–water partition coefficient (Wildman–Crippen LogP) is 6.87. The van der Waals surface area contributed by atoms with E-state index in [2.05, 4.69) is 37.1 Å². The van der Waals surface area contributed by atoms with E-state index in [0.29, 0.717) is 5.56 Å². The lowest BCUT2D eigenvalue weighted by Crippen LogP contribution is -2.50. The Hall–Kier alpha value is -5.49. The fourth-order valence-corrected chi connectivity index (χ4v) is 6.17. The molecule has 0 saturated carbocycles. The first-order chi connectivity index (χ1) is 25.2. The summed E-state index contributed by atoms with van der Waals surface area (Å²) >= 11 is 0. The molecule has 0 bridgehead atoms. The first-order valence-electron chi connectivity index (χ1n) is 16.7. The summed E-state index contributed by atoms with van der Waals surface area (Å²) in [4.78, 5) is 31.8. The number of amides is 2. The average molecular weight is 767 g/mol. The number of hydrazone groups is 1. The molecule has 0 saturated heterocycles. The molecule has 12 nitrogen and oxygen atoms in total. The Morgan fingerprint density at radius 1 is 1.19 bits per heavy atom. The minimum atomic E-state index is -4.86. The van der Waals surface area contributed by atoms with E-state index in [0.717, 1.165) is 11.0 Å². The molecule has 1 aromatic heterocycles. The first kappa shape index (κ1) is 38.2. The van der Waals surface area contributed by atoms with E-state index in [1.807, 2.05) is 0 Å². The third kappa shape index (κ3) is 8.18. The van der Waals surface area contributed by atoms with Gasteiger partial charge in [-0.15, -0.1) is 6.58 Å². The van der Waals surface area contributed by atoms with Crippen molar-refractivity contribution in [1.82, 2.24) is 20.9 Å². The number of nitrogens with one attached hydrogen (secondary N) is 2. The third-order valence-corrected chi connectivity index (χ3v) is 8.72. The van der Waals surface area contributed by atoms with Crippen LogP contribution >= 0.6 is 0 Å². The summed E-state index contributed by atoms with van der Waals surface area (Å²) < 4.78 is 117. The number of alkyl carbamates (subject to hydrolysis) is 1. The molecule has 0 radical (unpaired) electrons. The Morgan fingerprint density at radius 3 is 2.52 bits per heavy atom. The number of anilines is 1. The monoisotopic (exact) mass is 766 g/mol. The van der Waals surface area contributed by atoms with Gasteiger partial charge in [0.25, 0.3) is 5.92 Å². The SMILES string of the molecule is C=CCC1(F)C[C@@H](NC(=O)OC(C)(C)C)C(=O)N(Cc2ccc(-c3noc(C(F)(F)F)n3)cc2)c2cc(C3NN=C([N+]4=CCC(F)(F)CC4)O3)c(F)cc21. The van der Waals surface area contributed by atoms with Gasteiger partial charge in [0, 0.05) is 30.4 Å². The highest BCUT2D eigenvalue weighted by atomic mass is 19.4. The van der Waals surface area contributed by atoms with Crippen molar-refractivity contribution in [3.63, 3.8) is 0 Å². The molecule has 2 aromatic carbocycles. The van der Waals surface area contributed by atoms with Gasteiger partial charge in [0.15, 0.2) is 0 Å². The quantitative estimate of drug-likeness (QED) is 0.151. The Morgan fingerprint density at radius 2 is 1.91 bits per heavy atom. The van der Waals surface area contributed by atoms with Crippen LogP contribution in [0.1, 0.15) is 75.3 Å². The molecule has 6 rings (SSSR count). The fraction of sp³-hybridized carbons (Fsp3) is 0.429. The van der Waals surface area contributed by atoms with Gasteiger partial charge >= 0.3 is 24.2 Å². The Bertz CT molecular complexity index is 2010. The summed E-state index contributed by atoms with van der Waals surface area (Å²) in [7, 11) is 0. The van der Waals surface area contributed by atoms with Gasteiger partial charge in [-0.1, -0.05) is 35.5 Å². The van der Waals surface area contributed by atoms with Crippen LogP contribution in [0.3, 0.4) is 0 Å². The summed E-state index contributed by atoms with van der Waals surface area (Å²) in [6.45, 7) is 8.00. The van der Waals surface area contributed by atoms with Crippen molar-refractivity contribution in [2.45, 2.75) is 88.6 Å². The van der Waals surface area contributed by atoms with E-state index in [-0.39, 0.29) is 47.3 Å². The summed E-state index contributed by atoms with van der Waals surface area (Å²) in [5, 5.41) is 9.86. The first-order valence-corrected chi connectivity index (χ1v) is 16.7. The van der Waals surface area contributed by atoms with Crippen molar-refractivity contribution < 1.29 is 58.9 Å². The lowest BCUT2D eigenvalue weighted by molar-refractivity contribution is -0.438. The van der Waals surface area contributed by atoms with Gasteiger partial charge in [-0.3, -0.25) is 4.79 Å². The normalized spacial score (nSPS) is 22.6. The second kappa shape index (κ2) is 14.1. The molecule has 288 valence electrons. The summed E-state index contributed by atoms with van der Waals surface area (Å²) in [6.07, 6.45) is -6.79. The number of nitrogens with zero attached hydrogens (tertiary/aromatic N) is 5. The number of rotatable bonds is 7. The second-order valence-electron chi connectivity index (χ2n) is 14.0. The number of benzene rings is 2. The minimum absolute atomic E-state index is 0.102. The van der Waals surface area contributed by atoms with E-state index < -0.39 is 85.0 Å². The van der Waals surface area contributed by atoms with Crippen molar-refractivity contribution in [3.05, 3.63) is 77.5 Å². The summed E-state index contributed by atoms with van der Waals surface area (Å²) in [6, 6.07) is 6.17. The maximum absolute atomic E-state index is 17.3. The lowest BCUT2D eigenvalue weighted by atomic mass is 9.85. The highest BCUT2D eigenvalue weighted by Crippen LogP contribution is 2.46. The number of halogens is 7. The van der Waals surface area contributed by atoms with Crippen LogP contribution in [-0.2, 0) is 32.7 Å². The second-order valence-corrected chi connectivity index (χ2v) is 14.0. The summed E-state index contributed by atoms with van der Waals surface area (Å²) in [5.74, 6) is -6.53. The number of hydrogen-bond donors (Lipinski definition) is 2. The molecule has 3 aromatic rings. The van der Waals surface area contributed by atoms with Crippen molar-refractivity contribution in [2.24, 2.45) is 5.10 Å². The van der Waals surface area contributed by atoms with Gasteiger partial charge in [0.05, 0.1) is 42.1 Å². The molecule has 3 atom stereocenters. The van der Waals surface area contributed by atoms with Crippen LogP contribution in [0.15, 0.2) is 58.7 Å². The van der Waals surface area contributed by atoms with Gasteiger partial charge < -0.3 is 24.2 Å². The van der Waals surface area contributed by atoms with Crippen LogP contribution in [0.5, 0.6) is 0 Å². The molecule has 54 heavy (non-hydrogen) atoms. The zero-order valence-electron chi connectivity index (χ0n) is 29.1. The van der Waals surface area contributed by atoms with E-state index >= 15 is 8.78 Å². The topological polar surface area (TPSA) is 134 Å². The number of carbonyl (C=O) groups is 2. The number of ether oxygens (including phenoxy) is 2. The van der Waals surface area contributed by atoms with E-state index in [4.69, 9.17) is 9.47 Å². The van der Waals surface area contributed by atoms with Crippen molar-refractivity contribution >= 4 is 29.9 Å². The van der Waals surface area contributed by atoms with Crippen LogP contribution in [0.25, 0.3) is 11.4 Å². The molecule has 4 heterocycles. The Kier molecular flexibility index (Phi) is 9.95. The zero-order valence-corrected chi connectivity index (χ0v) is 29.1. The molecule has 19 heteroatoms. The maximum atomic E-state index is 17.3. The Balaban J connectivity index is 1.38. The van der Waals surface area contributed by atoms with Crippen molar-refractivity contribution in [1.29, 1.82) is 0 Å². The molecule has 3 aliphatic heterocycles. The van der Waals surface area contributed by atoms with Gasteiger partial charge in [0.1, 0.15) is 23.1 Å². The van der Waals surface area contributed by atoms with E-state index in [1.165, 1.54) is 47.2 Å². The zero-order chi connectivity index (χ0) is 39.2. The molecule has 0 aliphatic carbocycles. The molecule has 0 spiro atoms. The lowest BCUT2D eigenvalue weighted by Gasteiger charge is -2.28. The van der Waals surface area contributed by atoms with Gasteiger partial charge in [-0.25, -0.2) is 22.4 Å². The van der Waals surface area contributed by atoms with Crippen molar-refractivity contribution in [2.75, 3.05) is 11.4 Å². The molecule has 2 amide bonds. The van der Waals surface area contributed by atoms with Gasteiger partial charge in [-0.2, -0.15) is 28.2 Å². The highest BCUT2D eigenvalue weighted by Gasteiger charge is 2.47. The Labute approximate surface area is 303 Å². The van der Waals surface area contributed by atoms with Gasteiger partial charge in [0.2, 0.25) is 18.0 Å². The number of alkyl halides is 6. The van der Waals surface area contributed by atoms with Crippen LogP contribution in [0, 0.1) is 5.82 Å². The molecule has 0 fully saturated rings. The molecular weight excluding hydrogens is 731 g/mol. The number of amidine groups is 1. The number of carbonyl (C=O) groups excluding carboxylic acids is 2. The van der Waals surface area contributed by atoms with Crippen LogP contribution in [-0.4, -0.2) is 63.1 Å². The number of fused-ring (bicyclic) bond motifs is 1. The van der Waals surface area contributed by atoms with E-state index in [1.54, 1.807) is 20.8 Å².